The highest BCUT2D eigenvalue weighted by atomic mass is 32.2. The average Bonchev–Trinajstić information content (AvgIpc) is 3.23. The maximum absolute atomic E-state index is 6.22. The number of nitrogens with zero attached hydrogens (tertiary/aromatic N) is 2. The van der Waals surface area contributed by atoms with E-state index >= 15 is 0 Å². The van der Waals surface area contributed by atoms with Gasteiger partial charge in [-0.1, -0.05) is 35.6 Å². The van der Waals surface area contributed by atoms with E-state index in [0.29, 0.717) is 0 Å². The topological polar surface area (TPSA) is 47.6 Å². The van der Waals surface area contributed by atoms with Crippen LogP contribution >= 0.6 is 23.1 Å². The third-order valence-corrected chi connectivity index (χ3v) is 7.00. The Kier molecular flexibility index (Phi) is 6.03. The smallest absolute Gasteiger partial charge is 0.210 e. The Balaban J connectivity index is 1.62. The predicted molar refractivity (Wildman–Crippen MR) is 137 cm³/mol. The van der Waals surface area contributed by atoms with E-state index in [0.717, 1.165) is 54.7 Å². The van der Waals surface area contributed by atoms with Gasteiger partial charge in [0.15, 0.2) is 0 Å². The van der Waals surface area contributed by atoms with E-state index < -0.39 is 0 Å². The zero-order valence-corrected chi connectivity index (χ0v) is 20.2. The van der Waals surface area contributed by atoms with Gasteiger partial charge in [-0.15, -0.1) is 11.8 Å². The summed E-state index contributed by atoms with van der Waals surface area (Å²) in [6.45, 7) is 2.08. The zero-order valence-electron chi connectivity index (χ0n) is 18.5. The summed E-state index contributed by atoms with van der Waals surface area (Å²) in [5, 5.41) is 2.52. The first kappa shape index (κ1) is 21.5. The molecule has 0 saturated carbocycles. The van der Waals surface area contributed by atoms with Crippen LogP contribution in [0.4, 0.5) is 5.13 Å². The fraction of sp³-hybridized carbons (Fsp3) is 0.111. The van der Waals surface area contributed by atoms with Crippen molar-refractivity contribution in [1.82, 2.24) is 4.98 Å². The molecule has 33 heavy (non-hydrogen) atoms. The molecule has 4 nitrogen and oxygen atoms in total. The zero-order chi connectivity index (χ0) is 22.8. The minimum Gasteiger partial charge on any atom is -0.497 e. The molecule has 0 unspecified atom stereocenters. The average molecular weight is 471 g/mol. The van der Waals surface area contributed by atoms with Crippen molar-refractivity contribution < 1.29 is 9.15 Å². The van der Waals surface area contributed by atoms with Crippen molar-refractivity contribution >= 4 is 39.2 Å². The molecule has 0 atom stereocenters. The van der Waals surface area contributed by atoms with Gasteiger partial charge >= 0.3 is 0 Å². The van der Waals surface area contributed by atoms with Crippen molar-refractivity contribution in [3.8, 4) is 28.3 Å². The Bertz CT molecular complexity index is 1480. The van der Waals surface area contributed by atoms with Crippen molar-refractivity contribution in [1.29, 1.82) is 0 Å². The molecule has 0 bridgehead atoms. The molecular weight excluding hydrogens is 448 g/mol. The van der Waals surface area contributed by atoms with Gasteiger partial charge in [0.2, 0.25) is 5.13 Å². The lowest BCUT2D eigenvalue weighted by molar-refractivity contribution is 0.415. The number of ether oxygens (including phenoxy) is 1. The van der Waals surface area contributed by atoms with Crippen LogP contribution in [0.15, 0.2) is 93.2 Å². The Morgan fingerprint density at radius 2 is 1.67 bits per heavy atom. The molecule has 5 aromatic rings. The summed E-state index contributed by atoms with van der Waals surface area (Å²) in [7, 11) is 1.67. The molecule has 0 aliphatic rings. The van der Waals surface area contributed by atoms with Gasteiger partial charge in [0.25, 0.3) is 0 Å². The highest BCUT2D eigenvalue weighted by molar-refractivity contribution is 7.98. The number of para-hydroxylation sites is 1. The largest absolute Gasteiger partial charge is 0.497 e. The van der Waals surface area contributed by atoms with Crippen molar-refractivity contribution in [2.24, 2.45) is 4.99 Å². The fourth-order valence-corrected chi connectivity index (χ4v) is 4.88. The number of hydrogen-bond donors (Lipinski definition) is 0. The van der Waals surface area contributed by atoms with E-state index in [1.807, 2.05) is 54.6 Å². The van der Waals surface area contributed by atoms with Crippen LogP contribution in [-0.4, -0.2) is 18.3 Å². The summed E-state index contributed by atoms with van der Waals surface area (Å²) in [6, 6.07) is 26.3. The number of fused-ring (bicyclic) bond motifs is 1. The first-order chi connectivity index (χ1) is 16.1. The predicted octanol–water partition coefficient (Wildman–Crippen LogP) is 7.49. The van der Waals surface area contributed by atoms with Crippen molar-refractivity contribution in [3.05, 3.63) is 89.1 Å². The second kappa shape index (κ2) is 9.25. The SMILES string of the molecule is COc1ccc(-c2nc(/N=c3\cc(-c4ccc(SC)cc4)oc4ccccc34)sc2C)cc1. The number of benzene rings is 3. The lowest BCUT2D eigenvalue weighted by atomic mass is 10.1. The van der Waals surface area contributed by atoms with Crippen LogP contribution in [-0.2, 0) is 0 Å². The number of aromatic nitrogens is 1. The van der Waals surface area contributed by atoms with E-state index in [1.165, 1.54) is 4.90 Å². The van der Waals surface area contributed by atoms with Crippen LogP contribution in [0.3, 0.4) is 0 Å². The van der Waals surface area contributed by atoms with E-state index in [2.05, 4.69) is 37.4 Å². The Morgan fingerprint density at radius 1 is 0.939 bits per heavy atom. The standard InChI is InChI=1S/C27H22N2O2S2/c1-17-26(19-8-12-20(30-2)13-9-19)29-27(33-17)28-23-16-25(18-10-14-21(32-3)15-11-18)31-24-7-5-4-6-22(23)24/h4-16H,1-3H3/b28-23+. The van der Waals surface area contributed by atoms with Gasteiger partial charge in [0, 0.05) is 32.4 Å². The molecule has 2 aromatic heterocycles. The maximum Gasteiger partial charge on any atom is 0.210 e. The number of methoxy groups -OCH3 is 1. The van der Waals surface area contributed by atoms with Crippen LogP contribution in [0.5, 0.6) is 5.75 Å². The third kappa shape index (κ3) is 4.45. The first-order valence-corrected chi connectivity index (χ1v) is 12.5. The minimum absolute atomic E-state index is 0.721. The van der Waals surface area contributed by atoms with Gasteiger partial charge in [0.1, 0.15) is 17.1 Å². The Hall–Kier alpha value is -3.35. The highest BCUT2D eigenvalue weighted by Gasteiger charge is 2.11. The summed E-state index contributed by atoms with van der Waals surface area (Å²) in [6.07, 6.45) is 2.07. The molecule has 164 valence electrons. The lowest BCUT2D eigenvalue weighted by Crippen LogP contribution is -2.02. The summed E-state index contributed by atoms with van der Waals surface area (Å²) in [4.78, 5) is 12.1. The van der Waals surface area contributed by atoms with Gasteiger partial charge in [-0.25, -0.2) is 9.98 Å². The van der Waals surface area contributed by atoms with Crippen molar-refractivity contribution in [2.75, 3.05) is 13.4 Å². The molecule has 5 rings (SSSR count). The normalized spacial score (nSPS) is 11.8. The first-order valence-electron chi connectivity index (χ1n) is 10.5. The van der Waals surface area contributed by atoms with Gasteiger partial charge in [-0.05, 0) is 61.7 Å². The van der Waals surface area contributed by atoms with Crippen LogP contribution < -0.4 is 10.1 Å². The van der Waals surface area contributed by atoms with Crippen LogP contribution in [0.25, 0.3) is 33.6 Å². The molecule has 0 spiro atoms. The Labute approximate surface area is 200 Å². The monoisotopic (exact) mass is 470 g/mol. The van der Waals surface area contributed by atoms with Crippen LogP contribution in [0.1, 0.15) is 4.88 Å². The van der Waals surface area contributed by atoms with Crippen molar-refractivity contribution in [3.63, 3.8) is 0 Å². The summed E-state index contributed by atoms with van der Waals surface area (Å²) in [5.41, 5.74) is 3.81. The minimum atomic E-state index is 0.721. The number of hydrogen-bond acceptors (Lipinski definition) is 6. The number of rotatable bonds is 5. The molecule has 0 fully saturated rings. The van der Waals surface area contributed by atoms with E-state index in [9.17, 15) is 0 Å². The maximum atomic E-state index is 6.22. The highest BCUT2D eigenvalue weighted by Crippen LogP contribution is 2.33. The van der Waals surface area contributed by atoms with E-state index in [4.69, 9.17) is 19.1 Å². The Morgan fingerprint density at radius 3 is 2.39 bits per heavy atom. The van der Waals surface area contributed by atoms with Crippen molar-refractivity contribution in [2.45, 2.75) is 11.8 Å². The van der Waals surface area contributed by atoms with Gasteiger partial charge in [-0.3, -0.25) is 0 Å². The molecule has 3 aromatic carbocycles. The number of thiazole rings is 1. The quantitative estimate of drug-likeness (QED) is 0.250. The molecule has 6 heteroatoms. The number of aryl methyl sites for hydroxylation is 1. The van der Waals surface area contributed by atoms with Crippen LogP contribution in [0.2, 0.25) is 0 Å². The molecule has 0 radical (unpaired) electrons. The van der Waals surface area contributed by atoms with E-state index in [1.54, 1.807) is 30.2 Å². The summed E-state index contributed by atoms with van der Waals surface area (Å²) >= 11 is 3.31. The summed E-state index contributed by atoms with van der Waals surface area (Å²) < 4.78 is 11.5. The molecular formula is C27H22N2O2S2. The second-order valence-electron chi connectivity index (χ2n) is 7.46. The molecule has 0 saturated heterocycles. The van der Waals surface area contributed by atoms with Crippen LogP contribution in [0, 0.1) is 6.92 Å². The molecule has 0 amide bonds. The fourth-order valence-electron chi connectivity index (χ4n) is 3.66. The van der Waals surface area contributed by atoms with Gasteiger partial charge in [0.05, 0.1) is 18.2 Å². The van der Waals surface area contributed by atoms with Gasteiger partial charge < -0.3 is 9.15 Å². The molecule has 0 aliphatic carbocycles. The summed E-state index contributed by atoms with van der Waals surface area (Å²) in [5.74, 6) is 1.61. The lowest BCUT2D eigenvalue weighted by Gasteiger charge is -2.05. The second-order valence-corrected chi connectivity index (χ2v) is 9.52. The third-order valence-electron chi connectivity index (χ3n) is 5.39. The van der Waals surface area contributed by atoms with E-state index in [-0.39, 0.29) is 0 Å². The molecule has 2 heterocycles. The molecule has 0 aliphatic heterocycles. The van der Waals surface area contributed by atoms with Gasteiger partial charge in [-0.2, -0.15) is 0 Å². The molecule has 0 N–H and O–H groups in total. The number of thioether (sulfide) groups is 1.